The summed E-state index contributed by atoms with van der Waals surface area (Å²) in [5.74, 6) is -1.68. The molecule has 0 radical (unpaired) electrons. The van der Waals surface area contributed by atoms with E-state index in [-0.39, 0.29) is 5.92 Å². The molecule has 3 rings (SSSR count). The molecule has 3 atom stereocenters. The molecule has 34 heavy (non-hydrogen) atoms. The summed E-state index contributed by atoms with van der Waals surface area (Å²) in [7, 11) is 0. The van der Waals surface area contributed by atoms with E-state index in [2.05, 4.69) is 28.8 Å². The lowest BCUT2D eigenvalue weighted by atomic mass is 9.86. The summed E-state index contributed by atoms with van der Waals surface area (Å²) in [5.41, 5.74) is 2.43. The summed E-state index contributed by atoms with van der Waals surface area (Å²) < 4.78 is 6.40. The number of hydrogen-bond acceptors (Lipinski definition) is 5. The third kappa shape index (κ3) is 6.52. The van der Waals surface area contributed by atoms with Crippen molar-refractivity contribution >= 4 is 18.2 Å². The van der Waals surface area contributed by atoms with Gasteiger partial charge in [0.15, 0.2) is 0 Å². The van der Waals surface area contributed by atoms with E-state index < -0.39 is 36.1 Å². The van der Waals surface area contributed by atoms with Crippen LogP contribution in [0, 0.1) is 5.92 Å². The van der Waals surface area contributed by atoms with Crippen molar-refractivity contribution in [1.82, 2.24) is 10.6 Å². The van der Waals surface area contributed by atoms with Crippen LogP contribution in [0.1, 0.15) is 56.2 Å². The minimum Gasteiger partial charge on any atom is -0.481 e. The topological polar surface area (TPSA) is 105 Å². The first-order valence-electron chi connectivity index (χ1n) is 11.9. The van der Waals surface area contributed by atoms with Crippen molar-refractivity contribution in [3.8, 4) is 0 Å². The lowest BCUT2D eigenvalue weighted by Gasteiger charge is -2.43. The molecular formula is C27H34N2O5. The highest BCUT2D eigenvalue weighted by molar-refractivity contribution is 5.86. The molecule has 0 saturated carbocycles. The van der Waals surface area contributed by atoms with Crippen LogP contribution in [0.25, 0.3) is 0 Å². The van der Waals surface area contributed by atoms with Gasteiger partial charge in [-0.2, -0.15) is 0 Å². The molecule has 1 saturated heterocycles. The van der Waals surface area contributed by atoms with Gasteiger partial charge in [-0.3, -0.25) is 14.9 Å². The molecule has 7 nitrogen and oxygen atoms in total. The van der Waals surface area contributed by atoms with E-state index in [9.17, 15) is 14.4 Å². The van der Waals surface area contributed by atoms with Crippen molar-refractivity contribution in [2.75, 3.05) is 6.61 Å². The Hall–Kier alpha value is -3.03. The average Bonchev–Trinajstić information content (AvgIpc) is 2.83. The Bertz CT molecular complexity index is 970. The van der Waals surface area contributed by atoms with Gasteiger partial charge in [0.1, 0.15) is 12.0 Å². The molecule has 0 aromatic heterocycles. The van der Waals surface area contributed by atoms with Gasteiger partial charge in [-0.15, -0.1) is 0 Å². The maximum Gasteiger partial charge on any atom is 0.305 e. The molecule has 3 N–H and O–H groups in total. The Morgan fingerprint density at radius 3 is 2.41 bits per heavy atom. The van der Waals surface area contributed by atoms with Crippen LogP contribution in [0.3, 0.4) is 0 Å². The van der Waals surface area contributed by atoms with Crippen LogP contribution in [0.5, 0.6) is 0 Å². The first-order chi connectivity index (χ1) is 16.3. The van der Waals surface area contributed by atoms with E-state index >= 15 is 0 Å². The third-order valence-electron chi connectivity index (χ3n) is 6.19. The second-order valence-corrected chi connectivity index (χ2v) is 9.17. The number of aliphatic carboxylic acids is 1. The van der Waals surface area contributed by atoms with Gasteiger partial charge in [0.05, 0.1) is 18.5 Å². The van der Waals surface area contributed by atoms with Crippen LogP contribution in [-0.2, 0) is 31.3 Å². The zero-order chi connectivity index (χ0) is 24.6. The zero-order valence-corrected chi connectivity index (χ0v) is 19.8. The summed E-state index contributed by atoms with van der Waals surface area (Å²) in [6, 6.07) is 16.6. The number of carboxylic acid groups (broad SMARTS) is 1. The fourth-order valence-corrected chi connectivity index (χ4v) is 4.46. The highest BCUT2D eigenvalue weighted by Gasteiger charge is 2.41. The molecule has 1 unspecified atom stereocenters. The van der Waals surface area contributed by atoms with Crippen LogP contribution < -0.4 is 10.6 Å². The number of aldehydes is 1. The molecule has 1 amide bonds. The SMILES string of the molecule is CC(C)[C@H](NC1(c2ccccc2Cc2ccccc2)CCCCO1)C(=O)N[C@H](C=O)CC(=O)O. The molecule has 182 valence electrons. The second-order valence-electron chi connectivity index (χ2n) is 9.17. The smallest absolute Gasteiger partial charge is 0.305 e. The van der Waals surface area contributed by atoms with Crippen molar-refractivity contribution in [2.24, 2.45) is 5.92 Å². The van der Waals surface area contributed by atoms with Gasteiger partial charge in [-0.05, 0) is 42.7 Å². The fourth-order valence-electron chi connectivity index (χ4n) is 4.46. The van der Waals surface area contributed by atoms with Gasteiger partial charge in [0.25, 0.3) is 0 Å². The van der Waals surface area contributed by atoms with Gasteiger partial charge in [0, 0.05) is 12.2 Å². The predicted octanol–water partition coefficient (Wildman–Crippen LogP) is 3.40. The molecule has 1 fully saturated rings. The molecule has 0 spiro atoms. The summed E-state index contributed by atoms with van der Waals surface area (Å²) >= 11 is 0. The number of rotatable bonds is 11. The first-order valence-corrected chi connectivity index (χ1v) is 11.9. The van der Waals surface area contributed by atoms with Gasteiger partial charge >= 0.3 is 5.97 Å². The van der Waals surface area contributed by atoms with Crippen molar-refractivity contribution in [1.29, 1.82) is 0 Å². The lowest BCUT2D eigenvalue weighted by Crippen LogP contribution is -2.59. The van der Waals surface area contributed by atoms with E-state index in [1.807, 2.05) is 50.2 Å². The Morgan fingerprint density at radius 1 is 1.09 bits per heavy atom. The van der Waals surface area contributed by atoms with E-state index in [4.69, 9.17) is 9.84 Å². The van der Waals surface area contributed by atoms with Crippen LogP contribution in [0.2, 0.25) is 0 Å². The van der Waals surface area contributed by atoms with Crippen LogP contribution in [0.15, 0.2) is 54.6 Å². The molecule has 7 heteroatoms. The molecule has 1 aliphatic heterocycles. The van der Waals surface area contributed by atoms with E-state index in [1.54, 1.807) is 0 Å². The highest BCUT2D eigenvalue weighted by atomic mass is 16.5. The Kier molecular flexibility index (Phi) is 8.96. The normalized spacial score (nSPS) is 19.9. The zero-order valence-electron chi connectivity index (χ0n) is 19.8. The molecule has 1 heterocycles. The average molecular weight is 467 g/mol. The number of carbonyl (C=O) groups is 3. The van der Waals surface area contributed by atoms with E-state index in [0.29, 0.717) is 19.3 Å². The predicted molar refractivity (Wildman–Crippen MR) is 129 cm³/mol. The number of ether oxygens (including phenoxy) is 1. The summed E-state index contributed by atoms with van der Waals surface area (Å²) in [6.45, 7) is 4.39. The first kappa shape index (κ1) is 25.6. The molecule has 2 aromatic carbocycles. The summed E-state index contributed by atoms with van der Waals surface area (Å²) in [4.78, 5) is 35.6. The number of carboxylic acids is 1. The highest BCUT2D eigenvalue weighted by Crippen LogP contribution is 2.36. The quantitative estimate of drug-likeness (QED) is 0.439. The molecule has 1 aliphatic rings. The van der Waals surface area contributed by atoms with Gasteiger partial charge in [0.2, 0.25) is 5.91 Å². The Labute approximate surface area is 200 Å². The number of amides is 1. The molecular weight excluding hydrogens is 432 g/mol. The van der Waals surface area contributed by atoms with E-state index in [1.165, 1.54) is 5.56 Å². The number of carbonyl (C=O) groups excluding carboxylic acids is 2. The Morgan fingerprint density at radius 2 is 1.79 bits per heavy atom. The van der Waals surface area contributed by atoms with Gasteiger partial charge in [-0.1, -0.05) is 68.4 Å². The summed E-state index contributed by atoms with van der Waals surface area (Å²) in [6.07, 6.45) is 3.31. The maximum absolute atomic E-state index is 13.2. The van der Waals surface area contributed by atoms with Crippen LogP contribution in [-0.4, -0.2) is 42.0 Å². The Balaban J connectivity index is 1.92. The number of nitrogens with one attached hydrogen (secondary N) is 2. The minimum absolute atomic E-state index is 0.124. The fraction of sp³-hybridized carbons (Fsp3) is 0.444. The summed E-state index contributed by atoms with van der Waals surface area (Å²) in [5, 5.41) is 15.1. The van der Waals surface area contributed by atoms with Gasteiger partial charge < -0.3 is 20.0 Å². The molecule has 2 aromatic rings. The second kappa shape index (κ2) is 11.9. The van der Waals surface area contributed by atoms with Crippen LogP contribution in [0.4, 0.5) is 0 Å². The standard InChI is InChI=1S/C27H34N2O5/c1-19(2)25(26(33)28-22(18-30)17-24(31)32)29-27(14-8-9-15-34-27)23-13-7-6-12-21(23)16-20-10-4-3-5-11-20/h3-7,10-13,18-19,22,25,29H,8-9,14-17H2,1-2H3,(H,28,33)(H,31,32)/t22-,25-,27?/m0/s1. The largest absolute Gasteiger partial charge is 0.481 e. The van der Waals surface area contributed by atoms with Crippen molar-refractivity contribution in [3.63, 3.8) is 0 Å². The number of benzene rings is 2. The number of hydrogen-bond donors (Lipinski definition) is 3. The maximum atomic E-state index is 13.2. The van der Waals surface area contributed by atoms with Crippen molar-refractivity contribution < 1.29 is 24.2 Å². The minimum atomic E-state index is -1.15. The molecule has 0 aliphatic carbocycles. The lowest BCUT2D eigenvalue weighted by molar-refractivity contribution is -0.142. The molecule has 0 bridgehead atoms. The van der Waals surface area contributed by atoms with Crippen LogP contribution >= 0.6 is 0 Å². The van der Waals surface area contributed by atoms with Crippen molar-refractivity contribution in [2.45, 2.75) is 63.8 Å². The monoisotopic (exact) mass is 466 g/mol. The van der Waals surface area contributed by atoms with E-state index in [0.717, 1.165) is 30.4 Å². The van der Waals surface area contributed by atoms with Gasteiger partial charge in [-0.25, -0.2) is 0 Å². The third-order valence-corrected chi connectivity index (χ3v) is 6.19. The van der Waals surface area contributed by atoms with Crippen molar-refractivity contribution in [3.05, 3.63) is 71.3 Å².